The number of ether oxygens (including phenoxy) is 1. The van der Waals surface area contributed by atoms with Gasteiger partial charge in [0, 0.05) is 11.4 Å². The first-order valence-electron chi connectivity index (χ1n) is 8.40. The van der Waals surface area contributed by atoms with E-state index in [2.05, 4.69) is 5.32 Å². The molecular formula is C20H23NO4S. The van der Waals surface area contributed by atoms with Crippen molar-refractivity contribution in [3.05, 3.63) is 59.2 Å². The van der Waals surface area contributed by atoms with E-state index in [0.29, 0.717) is 16.3 Å². The zero-order valence-corrected chi connectivity index (χ0v) is 16.2. The summed E-state index contributed by atoms with van der Waals surface area (Å²) in [6, 6.07) is 12.3. The highest BCUT2D eigenvalue weighted by molar-refractivity contribution is 7.85. The molecular weight excluding hydrogens is 350 g/mol. The summed E-state index contributed by atoms with van der Waals surface area (Å²) in [5.41, 5.74) is 2.85. The first-order valence-corrected chi connectivity index (χ1v) is 9.71. The molecule has 0 unspecified atom stereocenters. The third-order valence-corrected chi connectivity index (χ3v) is 5.29. The average Bonchev–Trinajstić information content (AvgIpc) is 2.63. The van der Waals surface area contributed by atoms with E-state index in [1.807, 2.05) is 32.0 Å². The Kier molecular flexibility index (Phi) is 6.69. The van der Waals surface area contributed by atoms with Crippen LogP contribution in [0.5, 0.6) is 0 Å². The average molecular weight is 373 g/mol. The third kappa shape index (κ3) is 4.79. The number of hydrogen-bond acceptors (Lipinski definition) is 4. The molecule has 2 atom stereocenters. The molecule has 2 aromatic rings. The van der Waals surface area contributed by atoms with Crippen LogP contribution in [-0.2, 0) is 20.3 Å². The lowest BCUT2D eigenvalue weighted by Crippen LogP contribution is -2.30. The number of benzene rings is 2. The first-order chi connectivity index (χ1) is 12.3. The van der Waals surface area contributed by atoms with Crippen molar-refractivity contribution in [3.8, 4) is 0 Å². The Labute approximate surface area is 156 Å². The second-order valence-corrected chi connectivity index (χ2v) is 7.69. The number of esters is 1. The molecule has 0 saturated heterocycles. The molecule has 0 aromatic heterocycles. The van der Waals surface area contributed by atoms with Crippen LogP contribution < -0.4 is 5.32 Å². The highest BCUT2D eigenvalue weighted by Crippen LogP contribution is 2.18. The number of nitrogens with one attached hydrogen (secondary N) is 1. The normalized spacial score (nSPS) is 12.9. The SMILES string of the molecule is CC[S@](=O)c1ccccc1C(=O)O[C@@H](C)C(=O)Nc1cc(C)ccc1C. The highest BCUT2D eigenvalue weighted by atomic mass is 32.2. The van der Waals surface area contributed by atoms with Gasteiger partial charge in [0.25, 0.3) is 5.91 Å². The smallest absolute Gasteiger partial charge is 0.340 e. The molecule has 2 aromatic carbocycles. The van der Waals surface area contributed by atoms with Crippen LogP contribution in [0.25, 0.3) is 0 Å². The molecule has 5 nitrogen and oxygen atoms in total. The van der Waals surface area contributed by atoms with Gasteiger partial charge in [-0.2, -0.15) is 0 Å². The molecule has 0 fully saturated rings. The Hall–Kier alpha value is -2.47. The Morgan fingerprint density at radius 3 is 2.54 bits per heavy atom. The maximum Gasteiger partial charge on any atom is 0.340 e. The van der Waals surface area contributed by atoms with Crippen molar-refractivity contribution in [2.45, 2.75) is 38.7 Å². The Bertz CT molecular complexity index is 847. The fraction of sp³-hybridized carbons (Fsp3) is 0.300. The van der Waals surface area contributed by atoms with Crippen molar-refractivity contribution in [2.75, 3.05) is 11.1 Å². The van der Waals surface area contributed by atoms with Crippen LogP contribution in [0.15, 0.2) is 47.4 Å². The van der Waals surface area contributed by atoms with Gasteiger partial charge in [0.1, 0.15) is 0 Å². The molecule has 0 saturated carbocycles. The highest BCUT2D eigenvalue weighted by Gasteiger charge is 2.22. The molecule has 138 valence electrons. The molecule has 0 radical (unpaired) electrons. The summed E-state index contributed by atoms with van der Waals surface area (Å²) in [5, 5.41) is 2.78. The summed E-state index contributed by atoms with van der Waals surface area (Å²) < 4.78 is 17.4. The fourth-order valence-electron chi connectivity index (χ4n) is 2.37. The standard InChI is InChI=1S/C20H23NO4S/c1-5-26(24)18-9-7-6-8-16(18)20(23)25-15(4)19(22)21-17-12-13(2)10-11-14(17)3/h6-12,15H,5H2,1-4H3,(H,21,22)/t15-,26-/m0/s1. The number of aryl methyl sites for hydroxylation is 2. The number of amides is 1. The van der Waals surface area contributed by atoms with Gasteiger partial charge in [-0.05, 0) is 50.1 Å². The second-order valence-electron chi connectivity index (χ2n) is 5.99. The quantitative estimate of drug-likeness (QED) is 0.785. The molecule has 6 heteroatoms. The molecule has 26 heavy (non-hydrogen) atoms. The van der Waals surface area contributed by atoms with Gasteiger partial charge in [0.05, 0.1) is 21.3 Å². The van der Waals surface area contributed by atoms with Gasteiger partial charge in [-0.1, -0.05) is 31.2 Å². The van der Waals surface area contributed by atoms with Crippen LogP contribution in [0.3, 0.4) is 0 Å². The second kappa shape index (κ2) is 8.76. The van der Waals surface area contributed by atoms with Crippen LogP contribution >= 0.6 is 0 Å². The molecule has 0 aliphatic rings. The minimum Gasteiger partial charge on any atom is -0.449 e. The van der Waals surface area contributed by atoms with E-state index in [0.717, 1.165) is 11.1 Å². The van der Waals surface area contributed by atoms with Crippen LogP contribution in [0.2, 0.25) is 0 Å². The molecule has 0 heterocycles. The van der Waals surface area contributed by atoms with E-state index in [9.17, 15) is 13.8 Å². The Morgan fingerprint density at radius 2 is 1.85 bits per heavy atom. The summed E-state index contributed by atoms with van der Waals surface area (Å²) in [6.07, 6.45) is -0.981. The lowest BCUT2D eigenvalue weighted by Gasteiger charge is -2.16. The number of carbonyl (C=O) groups excluding carboxylic acids is 2. The van der Waals surface area contributed by atoms with Crippen molar-refractivity contribution in [1.82, 2.24) is 0 Å². The van der Waals surface area contributed by atoms with Crippen molar-refractivity contribution in [1.29, 1.82) is 0 Å². The van der Waals surface area contributed by atoms with Gasteiger partial charge in [-0.15, -0.1) is 0 Å². The molecule has 0 aliphatic heterocycles. The summed E-state index contributed by atoms with van der Waals surface area (Å²) in [6.45, 7) is 7.11. The summed E-state index contributed by atoms with van der Waals surface area (Å²) in [4.78, 5) is 25.2. The van der Waals surface area contributed by atoms with Gasteiger partial charge in [-0.25, -0.2) is 4.79 Å². The molecule has 1 amide bonds. The van der Waals surface area contributed by atoms with Gasteiger partial charge >= 0.3 is 5.97 Å². The van der Waals surface area contributed by atoms with Crippen molar-refractivity contribution in [2.24, 2.45) is 0 Å². The van der Waals surface area contributed by atoms with E-state index in [1.165, 1.54) is 6.92 Å². The van der Waals surface area contributed by atoms with Gasteiger partial charge in [-0.3, -0.25) is 9.00 Å². The minimum atomic E-state index is -1.29. The van der Waals surface area contributed by atoms with E-state index < -0.39 is 28.8 Å². The molecule has 0 spiro atoms. The van der Waals surface area contributed by atoms with Gasteiger partial charge in [0.2, 0.25) is 0 Å². The van der Waals surface area contributed by atoms with E-state index in [1.54, 1.807) is 31.2 Å². The van der Waals surface area contributed by atoms with E-state index >= 15 is 0 Å². The molecule has 0 bridgehead atoms. The predicted molar refractivity (Wildman–Crippen MR) is 103 cm³/mol. The van der Waals surface area contributed by atoms with Crippen LogP contribution in [0.4, 0.5) is 5.69 Å². The summed E-state index contributed by atoms with van der Waals surface area (Å²) in [7, 11) is -1.29. The van der Waals surface area contributed by atoms with Crippen LogP contribution in [0.1, 0.15) is 35.3 Å². The number of anilines is 1. The van der Waals surface area contributed by atoms with Crippen molar-refractivity contribution >= 4 is 28.4 Å². The lowest BCUT2D eigenvalue weighted by molar-refractivity contribution is -0.123. The monoisotopic (exact) mass is 373 g/mol. The molecule has 1 N–H and O–H groups in total. The zero-order chi connectivity index (χ0) is 19.3. The zero-order valence-electron chi connectivity index (χ0n) is 15.4. The largest absolute Gasteiger partial charge is 0.449 e. The van der Waals surface area contributed by atoms with E-state index in [4.69, 9.17) is 4.74 Å². The maximum atomic E-state index is 12.4. The van der Waals surface area contributed by atoms with Crippen LogP contribution in [-0.4, -0.2) is 27.9 Å². The third-order valence-electron chi connectivity index (χ3n) is 3.92. The van der Waals surface area contributed by atoms with Crippen molar-refractivity contribution in [3.63, 3.8) is 0 Å². The topological polar surface area (TPSA) is 72.5 Å². The van der Waals surface area contributed by atoms with Crippen molar-refractivity contribution < 1.29 is 18.5 Å². The van der Waals surface area contributed by atoms with Gasteiger partial charge in [0.15, 0.2) is 6.10 Å². The fourth-order valence-corrected chi connectivity index (χ4v) is 3.31. The Morgan fingerprint density at radius 1 is 1.15 bits per heavy atom. The number of rotatable bonds is 6. The predicted octanol–water partition coefficient (Wildman–Crippen LogP) is 3.61. The lowest BCUT2D eigenvalue weighted by atomic mass is 10.1. The minimum absolute atomic E-state index is 0.221. The molecule has 0 aliphatic carbocycles. The summed E-state index contributed by atoms with van der Waals surface area (Å²) >= 11 is 0. The Balaban J connectivity index is 2.11. The first kappa shape index (κ1) is 19.8. The van der Waals surface area contributed by atoms with E-state index in [-0.39, 0.29) is 5.56 Å². The van der Waals surface area contributed by atoms with Gasteiger partial charge < -0.3 is 10.1 Å². The van der Waals surface area contributed by atoms with Crippen LogP contribution in [0, 0.1) is 13.8 Å². The number of carbonyl (C=O) groups is 2. The number of hydrogen-bond donors (Lipinski definition) is 1. The summed E-state index contributed by atoms with van der Waals surface area (Å²) in [5.74, 6) is -0.681. The maximum absolute atomic E-state index is 12.4. The molecule has 2 rings (SSSR count).